The first-order valence-corrected chi connectivity index (χ1v) is 7.69. The monoisotopic (exact) mass is 343 g/mol. The second-order valence-electron chi connectivity index (χ2n) is 5.50. The van der Waals surface area contributed by atoms with Gasteiger partial charge < -0.3 is 4.74 Å². The van der Waals surface area contributed by atoms with E-state index in [-0.39, 0.29) is 17.0 Å². The number of nitrogens with zero attached hydrogens (tertiary/aromatic N) is 1. The molecule has 6 heteroatoms. The molecule has 0 aliphatic carbocycles. The van der Waals surface area contributed by atoms with Gasteiger partial charge in [0.15, 0.2) is 0 Å². The molecule has 3 rings (SSSR count). The van der Waals surface area contributed by atoms with Crippen molar-refractivity contribution in [2.75, 3.05) is 7.05 Å². The van der Waals surface area contributed by atoms with Crippen LogP contribution in [0.3, 0.4) is 0 Å². The van der Waals surface area contributed by atoms with Gasteiger partial charge in [0, 0.05) is 17.6 Å². The standard InChI is InChI=1S/C18H14ClNO4/c1-10(12-5-3-4-6-15(12)19)24-18(23)11-7-8-13-14(9-11)17(22)20(2)16(13)21/h3-10H,1-2H3. The van der Waals surface area contributed by atoms with E-state index >= 15 is 0 Å². The van der Waals surface area contributed by atoms with E-state index in [1.807, 2.05) is 0 Å². The van der Waals surface area contributed by atoms with Gasteiger partial charge >= 0.3 is 5.97 Å². The average molecular weight is 344 g/mol. The summed E-state index contributed by atoms with van der Waals surface area (Å²) >= 11 is 6.10. The molecule has 0 saturated carbocycles. The zero-order valence-corrected chi connectivity index (χ0v) is 13.8. The summed E-state index contributed by atoms with van der Waals surface area (Å²) in [5, 5.41) is 0.508. The van der Waals surface area contributed by atoms with Crippen molar-refractivity contribution in [2.24, 2.45) is 0 Å². The molecule has 0 N–H and O–H groups in total. The van der Waals surface area contributed by atoms with E-state index in [2.05, 4.69) is 0 Å². The van der Waals surface area contributed by atoms with Crippen LogP contribution in [0.1, 0.15) is 49.7 Å². The summed E-state index contributed by atoms with van der Waals surface area (Å²) in [7, 11) is 1.40. The van der Waals surface area contributed by atoms with Gasteiger partial charge in [-0.25, -0.2) is 4.79 Å². The molecule has 0 saturated heterocycles. The van der Waals surface area contributed by atoms with Crippen molar-refractivity contribution in [1.82, 2.24) is 4.90 Å². The molecule has 0 aromatic heterocycles. The van der Waals surface area contributed by atoms with Gasteiger partial charge in [-0.3, -0.25) is 14.5 Å². The lowest BCUT2D eigenvalue weighted by Gasteiger charge is -2.15. The quantitative estimate of drug-likeness (QED) is 0.632. The minimum atomic E-state index is -0.583. The maximum atomic E-state index is 12.3. The van der Waals surface area contributed by atoms with Crippen LogP contribution >= 0.6 is 11.6 Å². The van der Waals surface area contributed by atoms with E-state index in [1.54, 1.807) is 31.2 Å². The van der Waals surface area contributed by atoms with Crippen LogP contribution in [0, 0.1) is 0 Å². The topological polar surface area (TPSA) is 63.7 Å². The molecule has 5 nitrogen and oxygen atoms in total. The molecule has 1 unspecified atom stereocenters. The highest BCUT2D eigenvalue weighted by Gasteiger charge is 2.33. The van der Waals surface area contributed by atoms with Gasteiger partial charge in [-0.15, -0.1) is 0 Å². The number of hydrogen-bond acceptors (Lipinski definition) is 4. The fourth-order valence-electron chi connectivity index (χ4n) is 2.59. The second-order valence-corrected chi connectivity index (χ2v) is 5.91. The molecule has 2 aromatic carbocycles. The van der Waals surface area contributed by atoms with Gasteiger partial charge in [-0.1, -0.05) is 29.8 Å². The van der Waals surface area contributed by atoms with E-state index in [4.69, 9.17) is 16.3 Å². The number of imide groups is 1. The van der Waals surface area contributed by atoms with Gasteiger partial charge in [0.2, 0.25) is 0 Å². The lowest BCUT2D eigenvalue weighted by atomic mass is 10.1. The fraction of sp³-hybridized carbons (Fsp3) is 0.167. The molecule has 1 heterocycles. The first-order chi connectivity index (χ1) is 11.4. The Hall–Kier alpha value is -2.66. The highest BCUT2D eigenvalue weighted by molar-refractivity contribution is 6.31. The third-order valence-corrected chi connectivity index (χ3v) is 4.30. The van der Waals surface area contributed by atoms with E-state index in [0.29, 0.717) is 16.1 Å². The second kappa shape index (κ2) is 6.09. The van der Waals surface area contributed by atoms with E-state index in [0.717, 1.165) is 4.90 Å². The van der Waals surface area contributed by atoms with Crippen LogP contribution in [-0.2, 0) is 4.74 Å². The largest absolute Gasteiger partial charge is 0.454 e. The number of carbonyl (C=O) groups excluding carboxylic acids is 3. The third kappa shape index (κ3) is 2.67. The molecular weight excluding hydrogens is 330 g/mol. The highest BCUT2D eigenvalue weighted by atomic mass is 35.5. The molecule has 24 heavy (non-hydrogen) atoms. The van der Waals surface area contributed by atoms with Crippen molar-refractivity contribution in [3.05, 3.63) is 69.7 Å². The number of benzene rings is 2. The minimum Gasteiger partial charge on any atom is -0.454 e. The predicted molar refractivity (Wildman–Crippen MR) is 88.1 cm³/mol. The summed E-state index contributed by atoms with van der Waals surface area (Å²) in [6.45, 7) is 1.72. The van der Waals surface area contributed by atoms with Crippen molar-refractivity contribution < 1.29 is 19.1 Å². The van der Waals surface area contributed by atoms with Crippen molar-refractivity contribution >= 4 is 29.4 Å². The zero-order chi connectivity index (χ0) is 17.4. The number of hydrogen-bond donors (Lipinski definition) is 0. The summed E-state index contributed by atoms with van der Waals surface area (Å²) < 4.78 is 5.42. The molecule has 122 valence electrons. The lowest BCUT2D eigenvalue weighted by molar-refractivity contribution is 0.0338. The normalized spacial score (nSPS) is 14.5. The van der Waals surface area contributed by atoms with Crippen LogP contribution in [-0.4, -0.2) is 29.7 Å². The first kappa shape index (κ1) is 16.2. The van der Waals surface area contributed by atoms with Gasteiger partial charge in [-0.2, -0.15) is 0 Å². The SMILES string of the molecule is CC(OC(=O)c1ccc2c(c1)C(=O)N(C)C2=O)c1ccccc1Cl. The van der Waals surface area contributed by atoms with Crippen LogP contribution in [0.2, 0.25) is 5.02 Å². The number of amides is 2. The van der Waals surface area contributed by atoms with Crippen LogP contribution in [0.25, 0.3) is 0 Å². The first-order valence-electron chi connectivity index (χ1n) is 7.32. The number of rotatable bonds is 3. The molecule has 2 amide bonds. The number of ether oxygens (including phenoxy) is 1. The third-order valence-electron chi connectivity index (χ3n) is 3.95. The van der Waals surface area contributed by atoms with Gasteiger partial charge in [0.25, 0.3) is 11.8 Å². The Morgan fingerprint density at radius 3 is 2.46 bits per heavy atom. The van der Waals surface area contributed by atoms with Gasteiger partial charge in [0.1, 0.15) is 6.10 Å². The fourth-order valence-corrected chi connectivity index (χ4v) is 2.87. The molecule has 0 bridgehead atoms. The Morgan fingerprint density at radius 1 is 1.08 bits per heavy atom. The smallest absolute Gasteiger partial charge is 0.338 e. The van der Waals surface area contributed by atoms with Crippen molar-refractivity contribution in [3.8, 4) is 0 Å². The molecule has 1 atom stereocenters. The summed E-state index contributed by atoms with van der Waals surface area (Å²) in [6, 6.07) is 11.4. The zero-order valence-electron chi connectivity index (χ0n) is 13.1. The minimum absolute atomic E-state index is 0.211. The number of halogens is 1. The lowest BCUT2D eigenvalue weighted by Crippen LogP contribution is -2.24. The van der Waals surface area contributed by atoms with E-state index in [9.17, 15) is 14.4 Å². The van der Waals surface area contributed by atoms with Crippen LogP contribution in [0.4, 0.5) is 0 Å². The highest BCUT2D eigenvalue weighted by Crippen LogP contribution is 2.27. The Morgan fingerprint density at radius 2 is 1.75 bits per heavy atom. The summed E-state index contributed by atoms with van der Waals surface area (Å²) in [5.74, 6) is -1.39. The number of fused-ring (bicyclic) bond motifs is 1. The summed E-state index contributed by atoms with van der Waals surface area (Å²) in [5.41, 5.74) is 1.41. The Bertz CT molecular complexity index is 862. The van der Waals surface area contributed by atoms with Crippen LogP contribution < -0.4 is 0 Å². The molecule has 1 aliphatic heterocycles. The average Bonchev–Trinajstić information content (AvgIpc) is 2.79. The maximum Gasteiger partial charge on any atom is 0.338 e. The molecule has 2 aromatic rings. The number of carbonyl (C=O) groups is 3. The number of esters is 1. The summed E-state index contributed by atoms with van der Waals surface area (Å²) in [4.78, 5) is 37.2. The Labute approximate surface area is 143 Å². The van der Waals surface area contributed by atoms with Crippen LogP contribution in [0.5, 0.6) is 0 Å². The summed E-state index contributed by atoms with van der Waals surface area (Å²) in [6.07, 6.45) is -0.542. The van der Waals surface area contributed by atoms with Crippen molar-refractivity contribution in [2.45, 2.75) is 13.0 Å². The van der Waals surface area contributed by atoms with Crippen molar-refractivity contribution in [3.63, 3.8) is 0 Å². The van der Waals surface area contributed by atoms with E-state index < -0.39 is 18.0 Å². The molecule has 0 spiro atoms. The molecule has 1 aliphatic rings. The maximum absolute atomic E-state index is 12.3. The Balaban J connectivity index is 1.83. The Kier molecular flexibility index (Phi) is 4.11. The van der Waals surface area contributed by atoms with E-state index in [1.165, 1.54) is 25.2 Å². The van der Waals surface area contributed by atoms with Crippen LogP contribution in [0.15, 0.2) is 42.5 Å². The molecule has 0 fully saturated rings. The molecular formula is C18H14ClNO4. The molecule has 0 radical (unpaired) electrons. The van der Waals surface area contributed by atoms with Gasteiger partial charge in [0.05, 0.1) is 16.7 Å². The van der Waals surface area contributed by atoms with Gasteiger partial charge in [-0.05, 0) is 31.2 Å². The van der Waals surface area contributed by atoms with Crippen molar-refractivity contribution in [1.29, 1.82) is 0 Å². The predicted octanol–water partition coefficient (Wildman–Crippen LogP) is 3.48.